The zero-order valence-electron chi connectivity index (χ0n) is 35.9. The average molecular weight is 923 g/mol. The minimum atomic E-state index is -5.37. The number of hydrogen-bond acceptors (Lipinski definition) is 15. The topological polar surface area (TPSA) is 273 Å². The highest BCUT2D eigenvalue weighted by Gasteiger charge is 2.54. The first-order valence-electron chi connectivity index (χ1n) is 22.1. The quantitative estimate of drug-likeness (QED) is 0.0189. The fourth-order valence-electron chi connectivity index (χ4n) is 6.78. The number of aliphatic hydroxyl groups excluding tert-OH is 4. The third-order valence-corrected chi connectivity index (χ3v) is 12.7. The Kier molecular flexibility index (Phi) is 31.9. The Bertz CT molecular complexity index is 1260. The summed E-state index contributed by atoms with van der Waals surface area (Å²) in [5.41, 5.74) is 0. The second kappa shape index (κ2) is 33.5. The van der Waals surface area contributed by atoms with Crippen molar-refractivity contribution in [1.29, 1.82) is 0 Å². The van der Waals surface area contributed by atoms with Crippen LogP contribution in [0.1, 0.15) is 174 Å². The molecule has 0 aromatic rings. The van der Waals surface area contributed by atoms with Crippen molar-refractivity contribution in [2.75, 3.05) is 19.0 Å². The van der Waals surface area contributed by atoms with Gasteiger partial charge in [0.05, 0.1) is 19.6 Å². The molecule has 1 aliphatic rings. The van der Waals surface area contributed by atoms with Crippen molar-refractivity contribution in [3.05, 3.63) is 0 Å². The van der Waals surface area contributed by atoms with Crippen LogP contribution in [0.4, 0.5) is 0 Å². The number of thioether (sulfide) groups is 1. The maximum Gasteiger partial charge on any atom is 0.472 e. The summed E-state index contributed by atoms with van der Waals surface area (Å²) >= 11 is 1.41. The number of hydrogen-bond donors (Lipinski definition) is 7. The van der Waals surface area contributed by atoms with E-state index in [0.29, 0.717) is 19.3 Å². The summed E-state index contributed by atoms with van der Waals surface area (Å²) in [4.78, 5) is 65.9. The molecule has 60 heavy (non-hydrogen) atoms. The van der Waals surface area contributed by atoms with E-state index in [1.807, 2.05) is 6.92 Å². The minimum absolute atomic E-state index is 0.0236. The molecular formula is C40H76O17P2S. The number of carbonyl (C=O) groups is 3. The molecule has 20 heteroatoms. The van der Waals surface area contributed by atoms with Crippen LogP contribution in [0.15, 0.2) is 0 Å². The van der Waals surface area contributed by atoms with E-state index in [1.54, 1.807) is 0 Å². The van der Waals surface area contributed by atoms with Crippen LogP contribution in [0.5, 0.6) is 0 Å². The number of phosphoric acid groups is 2. The maximum absolute atomic E-state index is 12.9. The zero-order chi connectivity index (χ0) is 44.8. The Morgan fingerprint density at radius 3 is 1.57 bits per heavy atom. The Labute approximate surface area is 361 Å². The lowest BCUT2D eigenvalue weighted by molar-refractivity contribution is -0.216. The van der Waals surface area contributed by atoms with Crippen molar-refractivity contribution in [3.8, 4) is 0 Å². The van der Waals surface area contributed by atoms with Crippen LogP contribution >= 0.6 is 27.4 Å². The lowest BCUT2D eigenvalue weighted by Gasteiger charge is -2.43. The van der Waals surface area contributed by atoms with E-state index in [2.05, 4.69) is 11.4 Å². The van der Waals surface area contributed by atoms with Gasteiger partial charge in [0.15, 0.2) is 5.12 Å². The third kappa shape index (κ3) is 27.9. The van der Waals surface area contributed by atoms with Gasteiger partial charge >= 0.3 is 27.6 Å². The molecule has 0 aliphatic heterocycles. The smallest absolute Gasteiger partial charge is 0.466 e. The van der Waals surface area contributed by atoms with Gasteiger partial charge in [0, 0.05) is 18.6 Å². The Morgan fingerprint density at radius 2 is 1.05 bits per heavy atom. The Hall–Kier alpha value is -0.980. The highest BCUT2D eigenvalue weighted by molar-refractivity contribution is 8.13. The van der Waals surface area contributed by atoms with Crippen molar-refractivity contribution in [2.45, 2.75) is 217 Å². The normalized spacial score (nSPS) is 22.3. The van der Waals surface area contributed by atoms with Gasteiger partial charge in [-0.1, -0.05) is 141 Å². The molecule has 7 N–H and O–H groups in total. The summed E-state index contributed by atoms with van der Waals surface area (Å²) < 4.78 is 49.2. The molecule has 1 aliphatic carbocycles. The monoisotopic (exact) mass is 922 g/mol. The van der Waals surface area contributed by atoms with E-state index in [-0.39, 0.29) is 18.1 Å². The van der Waals surface area contributed by atoms with E-state index in [0.717, 1.165) is 82.8 Å². The molecule has 8 atom stereocenters. The predicted molar refractivity (Wildman–Crippen MR) is 227 cm³/mol. The molecule has 1 rings (SSSR count). The van der Waals surface area contributed by atoms with Gasteiger partial charge in [0.25, 0.3) is 0 Å². The van der Waals surface area contributed by atoms with Gasteiger partial charge in [-0.15, -0.1) is 0 Å². The standard InChI is InChI=1S/C40H76O17P2S/c1-3-5-6-7-8-9-10-11-12-13-16-19-22-26-32(41)55-31(29-33(42)53-27-23-20-17-14-15-18-21-24-28-60-34(43)25-4-2)30-54-59(51,52)57-40-37(46)35(44)36(45)39(38(40)47)56-58(48,49)50/h31,35-40,44-47H,3-30H2,1-2H3,(H,51,52)(H2,48,49,50)/t31-,35-,36?,37?,38+,39+,40?/m1/s1. The highest BCUT2D eigenvalue weighted by Crippen LogP contribution is 2.49. The van der Waals surface area contributed by atoms with Crippen LogP contribution in [-0.4, -0.2) is 114 Å². The third-order valence-electron chi connectivity index (χ3n) is 10.2. The van der Waals surface area contributed by atoms with Gasteiger partial charge in [-0.2, -0.15) is 0 Å². The first-order chi connectivity index (χ1) is 28.5. The minimum Gasteiger partial charge on any atom is -0.466 e. The van der Waals surface area contributed by atoms with Crippen LogP contribution in [0, 0.1) is 0 Å². The summed E-state index contributed by atoms with van der Waals surface area (Å²) in [7, 11) is -10.7. The largest absolute Gasteiger partial charge is 0.472 e. The van der Waals surface area contributed by atoms with Gasteiger partial charge < -0.3 is 44.6 Å². The summed E-state index contributed by atoms with van der Waals surface area (Å²) in [5.74, 6) is -0.576. The van der Waals surface area contributed by atoms with Crippen LogP contribution in [0.2, 0.25) is 0 Å². The fraction of sp³-hybridized carbons (Fsp3) is 0.925. The van der Waals surface area contributed by atoms with Gasteiger partial charge in [0.1, 0.15) is 42.7 Å². The SMILES string of the molecule is CCCCCCCCCCCCCCCC(=O)O[C@@H](COP(=O)(O)OC1C(O)[C@H](O)C(O)[C@H](OP(=O)(O)O)[C@@H]1O)CC(=O)OCCCCCCCCCCSC(=O)CCC. The summed E-state index contributed by atoms with van der Waals surface area (Å²) in [6.07, 6.45) is 8.20. The molecule has 0 radical (unpaired) electrons. The van der Waals surface area contributed by atoms with Crippen LogP contribution in [0.3, 0.4) is 0 Å². The molecule has 0 bridgehead atoms. The second-order valence-electron chi connectivity index (χ2n) is 15.7. The van der Waals surface area contributed by atoms with Crippen molar-refractivity contribution < 1.29 is 81.7 Å². The molecular weight excluding hydrogens is 846 g/mol. The van der Waals surface area contributed by atoms with Gasteiger partial charge in [-0.05, 0) is 25.7 Å². The van der Waals surface area contributed by atoms with Gasteiger partial charge in [-0.25, -0.2) is 9.13 Å². The number of ether oxygens (including phenoxy) is 2. The van der Waals surface area contributed by atoms with Crippen molar-refractivity contribution in [2.24, 2.45) is 0 Å². The molecule has 17 nitrogen and oxygen atoms in total. The van der Waals surface area contributed by atoms with Crippen LogP contribution in [-0.2, 0) is 46.6 Å². The number of rotatable bonds is 37. The number of aliphatic hydroxyl groups is 4. The Morgan fingerprint density at radius 1 is 0.567 bits per heavy atom. The van der Waals surface area contributed by atoms with Crippen LogP contribution in [0.25, 0.3) is 0 Å². The summed E-state index contributed by atoms with van der Waals surface area (Å²) in [6.45, 7) is 3.44. The summed E-state index contributed by atoms with van der Waals surface area (Å²) in [6, 6.07) is 0. The lowest BCUT2D eigenvalue weighted by atomic mass is 9.85. The average Bonchev–Trinajstić information content (AvgIpc) is 3.18. The molecule has 0 saturated heterocycles. The molecule has 1 saturated carbocycles. The molecule has 354 valence electrons. The zero-order valence-corrected chi connectivity index (χ0v) is 38.5. The summed E-state index contributed by atoms with van der Waals surface area (Å²) in [5, 5.41) is 41.4. The number of unbranched alkanes of at least 4 members (excludes halogenated alkanes) is 19. The molecule has 4 unspecified atom stereocenters. The van der Waals surface area contributed by atoms with E-state index in [9.17, 15) is 48.8 Å². The lowest BCUT2D eigenvalue weighted by Crippen LogP contribution is -2.64. The molecule has 0 aromatic carbocycles. The molecule has 0 aromatic heterocycles. The van der Waals surface area contributed by atoms with E-state index in [4.69, 9.17) is 28.3 Å². The van der Waals surface area contributed by atoms with Crippen molar-refractivity contribution in [3.63, 3.8) is 0 Å². The van der Waals surface area contributed by atoms with Gasteiger partial charge in [0.2, 0.25) is 0 Å². The van der Waals surface area contributed by atoms with E-state index in [1.165, 1.54) is 63.1 Å². The predicted octanol–water partition coefficient (Wildman–Crippen LogP) is 6.93. The van der Waals surface area contributed by atoms with Gasteiger partial charge in [-0.3, -0.25) is 28.0 Å². The number of esters is 2. The first kappa shape index (κ1) is 57.0. The fourth-order valence-corrected chi connectivity index (χ4v) is 9.24. The van der Waals surface area contributed by atoms with E-state index >= 15 is 0 Å². The number of carbonyl (C=O) groups excluding carboxylic acids is 3. The van der Waals surface area contributed by atoms with Crippen molar-refractivity contribution in [1.82, 2.24) is 0 Å². The van der Waals surface area contributed by atoms with Crippen molar-refractivity contribution >= 4 is 44.5 Å². The second-order valence-corrected chi connectivity index (χ2v) is 19.4. The maximum atomic E-state index is 12.9. The molecule has 0 amide bonds. The molecule has 0 spiro atoms. The molecule has 0 heterocycles. The first-order valence-corrected chi connectivity index (χ1v) is 26.1. The molecule has 1 fully saturated rings. The Balaban J connectivity index is 2.62. The van der Waals surface area contributed by atoms with Crippen LogP contribution < -0.4 is 0 Å². The highest BCUT2D eigenvalue weighted by atomic mass is 32.2. The van der Waals surface area contributed by atoms with E-state index < -0.39 is 83.3 Å². The number of phosphoric ester groups is 2.